The Labute approximate surface area is 89.3 Å². The van der Waals surface area contributed by atoms with Crippen molar-refractivity contribution in [3.05, 3.63) is 0 Å². The highest BCUT2D eigenvalue weighted by atomic mass is 15.2. The Balaban J connectivity index is 2.13. The van der Waals surface area contributed by atoms with Gasteiger partial charge in [-0.2, -0.15) is 0 Å². The Kier molecular flexibility index (Phi) is 4.39. The van der Waals surface area contributed by atoms with E-state index in [4.69, 9.17) is 0 Å². The SMILES string of the molecule is CCN(C)CCN(C)CC1(CC)CC1. The molecule has 0 amide bonds. The van der Waals surface area contributed by atoms with Crippen molar-refractivity contribution in [1.82, 2.24) is 9.80 Å². The lowest BCUT2D eigenvalue weighted by Gasteiger charge is -2.24. The normalized spacial score (nSPS) is 19.3. The van der Waals surface area contributed by atoms with Gasteiger partial charge in [0.1, 0.15) is 0 Å². The van der Waals surface area contributed by atoms with Crippen LogP contribution in [0.25, 0.3) is 0 Å². The lowest BCUT2D eigenvalue weighted by atomic mass is 10.0. The van der Waals surface area contributed by atoms with E-state index in [0.717, 1.165) is 6.54 Å². The highest BCUT2D eigenvalue weighted by Crippen LogP contribution is 2.48. The summed E-state index contributed by atoms with van der Waals surface area (Å²) < 4.78 is 0. The van der Waals surface area contributed by atoms with Crippen molar-refractivity contribution < 1.29 is 0 Å². The fourth-order valence-electron chi connectivity index (χ4n) is 1.95. The first-order chi connectivity index (χ1) is 6.62. The molecule has 2 nitrogen and oxygen atoms in total. The van der Waals surface area contributed by atoms with Crippen LogP contribution in [0.3, 0.4) is 0 Å². The molecule has 0 radical (unpaired) electrons. The van der Waals surface area contributed by atoms with Crippen LogP contribution >= 0.6 is 0 Å². The predicted octanol–water partition coefficient (Wildman–Crippen LogP) is 2.06. The molecule has 0 spiro atoms. The van der Waals surface area contributed by atoms with E-state index in [9.17, 15) is 0 Å². The zero-order valence-electron chi connectivity index (χ0n) is 10.3. The average molecular weight is 198 g/mol. The van der Waals surface area contributed by atoms with Crippen LogP contribution < -0.4 is 0 Å². The highest BCUT2D eigenvalue weighted by Gasteiger charge is 2.41. The van der Waals surface area contributed by atoms with Gasteiger partial charge in [-0.05, 0) is 45.3 Å². The molecule has 0 aromatic carbocycles. The monoisotopic (exact) mass is 198 g/mol. The molecule has 0 saturated heterocycles. The molecule has 0 aromatic rings. The third-order valence-corrected chi connectivity index (χ3v) is 3.72. The van der Waals surface area contributed by atoms with E-state index in [1.165, 1.54) is 38.9 Å². The van der Waals surface area contributed by atoms with E-state index < -0.39 is 0 Å². The van der Waals surface area contributed by atoms with Crippen LogP contribution in [0, 0.1) is 5.41 Å². The molecule has 0 atom stereocenters. The number of hydrogen-bond acceptors (Lipinski definition) is 2. The molecular weight excluding hydrogens is 172 g/mol. The molecule has 2 heteroatoms. The minimum Gasteiger partial charge on any atom is -0.305 e. The second-order valence-electron chi connectivity index (χ2n) is 4.99. The van der Waals surface area contributed by atoms with Crippen molar-refractivity contribution in [2.24, 2.45) is 5.41 Å². The number of nitrogens with zero attached hydrogens (tertiary/aromatic N) is 2. The maximum absolute atomic E-state index is 2.50. The molecule has 0 N–H and O–H groups in total. The molecule has 1 saturated carbocycles. The minimum atomic E-state index is 0.708. The highest BCUT2D eigenvalue weighted by molar-refractivity contribution is 4.93. The van der Waals surface area contributed by atoms with Crippen LogP contribution in [0.15, 0.2) is 0 Å². The smallest absolute Gasteiger partial charge is 0.0106 e. The van der Waals surface area contributed by atoms with E-state index in [1.807, 2.05) is 0 Å². The van der Waals surface area contributed by atoms with E-state index in [2.05, 4.69) is 37.7 Å². The molecule has 1 fully saturated rings. The van der Waals surface area contributed by atoms with E-state index >= 15 is 0 Å². The molecule has 1 aliphatic rings. The summed E-state index contributed by atoms with van der Waals surface area (Å²) in [6.07, 6.45) is 4.27. The second kappa shape index (κ2) is 5.13. The number of hydrogen-bond donors (Lipinski definition) is 0. The van der Waals surface area contributed by atoms with E-state index in [1.54, 1.807) is 0 Å². The van der Waals surface area contributed by atoms with Gasteiger partial charge in [0.2, 0.25) is 0 Å². The Bertz CT molecular complexity index is 164. The van der Waals surface area contributed by atoms with Gasteiger partial charge in [-0.15, -0.1) is 0 Å². The second-order valence-corrected chi connectivity index (χ2v) is 4.99. The maximum Gasteiger partial charge on any atom is 0.0106 e. The van der Waals surface area contributed by atoms with Gasteiger partial charge in [-0.3, -0.25) is 0 Å². The van der Waals surface area contributed by atoms with Gasteiger partial charge in [0.05, 0.1) is 0 Å². The van der Waals surface area contributed by atoms with Crippen molar-refractivity contribution >= 4 is 0 Å². The van der Waals surface area contributed by atoms with E-state index in [-0.39, 0.29) is 0 Å². The van der Waals surface area contributed by atoms with Gasteiger partial charge in [0.15, 0.2) is 0 Å². The van der Waals surface area contributed by atoms with Crippen LogP contribution in [0.5, 0.6) is 0 Å². The standard InChI is InChI=1S/C12H26N2/c1-5-12(7-8-12)11-14(4)10-9-13(3)6-2/h5-11H2,1-4H3. The summed E-state index contributed by atoms with van der Waals surface area (Å²) in [6.45, 7) is 9.43. The van der Waals surface area contributed by atoms with Crippen LogP contribution in [-0.2, 0) is 0 Å². The zero-order valence-corrected chi connectivity index (χ0v) is 10.3. The maximum atomic E-state index is 2.50. The summed E-state index contributed by atoms with van der Waals surface area (Å²) in [5.41, 5.74) is 0.708. The topological polar surface area (TPSA) is 6.48 Å². The molecule has 84 valence electrons. The molecule has 1 aliphatic carbocycles. The molecule has 0 bridgehead atoms. The van der Waals surface area contributed by atoms with Gasteiger partial charge in [0, 0.05) is 19.6 Å². The van der Waals surface area contributed by atoms with Crippen molar-refractivity contribution in [3.8, 4) is 0 Å². The third kappa shape index (κ3) is 3.58. The molecule has 0 heterocycles. The van der Waals surface area contributed by atoms with Gasteiger partial charge in [-0.1, -0.05) is 13.8 Å². The Morgan fingerprint density at radius 3 is 2.00 bits per heavy atom. The summed E-state index contributed by atoms with van der Waals surface area (Å²) in [4.78, 5) is 4.88. The lowest BCUT2D eigenvalue weighted by molar-refractivity contribution is 0.223. The molecule has 0 aliphatic heterocycles. The Morgan fingerprint density at radius 1 is 1.00 bits per heavy atom. The Morgan fingerprint density at radius 2 is 1.57 bits per heavy atom. The number of rotatable bonds is 7. The third-order valence-electron chi connectivity index (χ3n) is 3.72. The van der Waals surface area contributed by atoms with Crippen LogP contribution in [0.2, 0.25) is 0 Å². The summed E-state index contributed by atoms with van der Waals surface area (Å²) in [7, 11) is 4.46. The molecule has 0 aromatic heterocycles. The van der Waals surface area contributed by atoms with E-state index in [0.29, 0.717) is 5.41 Å². The zero-order chi connectivity index (χ0) is 10.6. The van der Waals surface area contributed by atoms with Crippen molar-refractivity contribution in [3.63, 3.8) is 0 Å². The largest absolute Gasteiger partial charge is 0.305 e. The fourth-order valence-corrected chi connectivity index (χ4v) is 1.95. The van der Waals surface area contributed by atoms with Crippen molar-refractivity contribution in [2.45, 2.75) is 33.1 Å². The summed E-state index contributed by atoms with van der Waals surface area (Å²) in [5.74, 6) is 0. The van der Waals surface area contributed by atoms with Crippen molar-refractivity contribution in [1.29, 1.82) is 0 Å². The molecular formula is C12H26N2. The van der Waals surface area contributed by atoms with Gasteiger partial charge >= 0.3 is 0 Å². The van der Waals surface area contributed by atoms with Gasteiger partial charge < -0.3 is 9.80 Å². The first kappa shape index (κ1) is 12.0. The lowest BCUT2D eigenvalue weighted by Crippen LogP contribution is -2.34. The summed E-state index contributed by atoms with van der Waals surface area (Å²) in [5, 5.41) is 0. The minimum absolute atomic E-state index is 0.708. The summed E-state index contributed by atoms with van der Waals surface area (Å²) in [6, 6.07) is 0. The van der Waals surface area contributed by atoms with Gasteiger partial charge in [-0.25, -0.2) is 0 Å². The molecule has 1 rings (SSSR count). The Hall–Kier alpha value is -0.0800. The summed E-state index contributed by atoms with van der Waals surface area (Å²) >= 11 is 0. The first-order valence-electron chi connectivity index (χ1n) is 5.99. The van der Waals surface area contributed by atoms with Crippen LogP contribution in [0.1, 0.15) is 33.1 Å². The number of likely N-dealkylation sites (N-methyl/N-ethyl adjacent to an activating group) is 2. The van der Waals surface area contributed by atoms with Gasteiger partial charge in [0.25, 0.3) is 0 Å². The van der Waals surface area contributed by atoms with Crippen molar-refractivity contribution in [2.75, 3.05) is 40.3 Å². The predicted molar refractivity (Wildman–Crippen MR) is 62.6 cm³/mol. The fraction of sp³-hybridized carbons (Fsp3) is 1.00. The van der Waals surface area contributed by atoms with Crippen LogP contribution in [0.4, 0.5) is 0 Å². The first-order valence-corrected chi connectivity index (χ1v) is 5.99. The molecule has 0 unspecified atom stereocenters. The average Bonchev–Trinajstić information content (AvgIpc) is 2.95. The quantitative estimate of drug-likeness (QED) is 0.618. The van der Waals surface area contributed by atoms with Crippen LogP contribution in [-0.4, -0.2) is 50.1 Å². The molecule has 14 heavy (non-hydrogen) atoms.